The molecule has 1 unspecified atom stereocenters. The summed E-state index contributed by atoms with van der Waals surface area (Å²) in [7, 11) is 0. The van der Waals surface area contributed by atoms with Crippen molar-refractivity contribution in [2.75, 3.05) is 0 Å². The van der Waals surface area contributed by atoms with E-state index in [2.05, 4.69) is 64.4 Å². The van der Waals surface area contributed by atoms with E-state index in [1.165, 1.54) is 16.7 Å². The number of rotatable bonds is 14. The van der Waals surface area contributed by atoms with Crippen LogP contribution < -0.4 is 5.32 Å². The number of ether oxygens (including phenoxy) is 1. The maximum atomic E-state index is 9.85. The normalized spacial score (nSPS) is 13.6. The second-order valence-corrected chi connectivity index (χ2v) is 9.22. The molecule has 0 aromatic carbocycles. The molecule has 0 spiro atoms. The summed E-state index contributed by atoms with van der Waals surface area (Å²) in [5.74, 6) is 0.592. The molecule has 3 nitrogen and oxygen atoms in total. The minimum Gasteiger partial charge on any atom is -0.511 e. The van der Waals surface area contributed by atoms with Crippen LogP contribution in [0.2, 0.25) is 0 Å². The summed E-state index contributed by atoms with van der Waals surface area (Å²) in [5, 5.41) is 13.0. The summed E-state index contributed by atoms with van der Waals surface area (Å²) < 4.78 is 5.68. The maximum Gasteiger partial charge on any atom is 0.180 e. The molecule has 0 bridgehead atoms. The van der Waals surface area contributed by atoms with Crippen molar-refractivity contribution < 1.29 is 9.84 Å². The second kappa shape index (κ2) is 14.1. The molecule has 0 saturated heterocycles. The predicted octanol–water partition coefficient (Wildman–Crippen LogP) is 7.89. The van der Waals surface area contributed by atoms with Gasteiger partial charge in [0.25, 0.3) is 0 Å². The second-order valence-electron chi connectivity index (χ2n) is 9.22. The lowest BCUT2D eigenvalue weighted by molar-refractivity contribution is 0.0378. The molecule has 1 atom stereocenters. The lowest BCUT2D eigenvalue weighted by atomic mass is 10.0. The largest absolute Gasteiger partial charge is 0.511 e. The van der Waals surface area contributed by atoms with Crippen molar-refractivity contribution >= 4 is 0 Å². The van der Waals surface area contributed by atoms with Crippen LogP contribution in [-0.4, -0.2) is 16.7 Å². The van der Waals surface area contributed by atoms with E-state index < -0.39 is 0 Å². The van der Waals surface area contributed by atoms with Crippen LogP contribution in [-0.2, 0) is 4.74 Å². The molecule has 0 aromatic rings. The predicted molar refractivity (Wildman–Crippen MR) is 128 cm³/mol. The van der Waals surface area contributed by atoms with Gasteiger partial charge in [-0.15, -0.1) is 0 Å². The maximum absolute atomic E-state index is 9.85. The highest BCUT2D eigenvalue weighted by atomic mass is 16.5. The molecule has 166 valence electrons. The van der Waals surface area contributed by atoms with Crippen LogP contribution in [0.5, 0.6) is 0 Å². The molecule has 0 aliphatic rings. The van der Waals surface area contributed by atoms with Gasteiger partial charge in [0.2, 0.25) is 0 Å². The molecule has 0 fully saturated rings. The van der Waals surface area contributed by atoms with Crippen LogP contribution in [0.4, 0.5) is 0 Å². The van der Waals surface area contributed by atoms with Gasteiger partial charge in [0.1, 0.15) is 11.4 Å². The van der Waals surface area contributed by atoms with E-state index in [-0.39, 0.29) is 17.4 Å². The molecule has 0 amide bonds. The first-order chi connectivity index (χ1) is 13.4. The third-order valence-electron chi connectivity index (χ3n) is 4.48. The van der Waals surface area contributed by atoms with Gasteiger partial charge in [-0.3, -0.25) is 0 Å². The average molecular weight is 404 g/mol. The van der Waals surface area contributed by atoms with Crippen LogP contribution in [0.15, 0.2) is 59.7 Å². The van der Waals surface area contributed by atoms with Crippen LogP contribution in [0.1, 0.15) is 93.4 Å². The van der Waals surface area contributed by atoms with Gasteiger partial charge < -0.3 is 15.2 Å². The third-order valence-corrected chi connectivity index (χ3v) is 4.48. The monoisotopic (exact) mass is 403 g/mol. The molecule has 0 aliphatic heterocycles. The Labute approximate surface area is 180 Å². The summed E-state index contributed by atoms with van der Waals surface area (Å²) in [6.45, 7) is 22.2. The average Bonchev–Trinajstić information content (AvgIpc) is 2.55. The van der Waals surface area contributed by atoms with Crippen LogP contribution in [0.3, 0.4) is 0 Å². The Kier molecular flexibility index (Phi) is 13.2. The molecule has 2 N–H and O–H groups in total. The van der Waals surface area contributed by atoms with Gasteiger partial charge in [0.15, 0.2) is 5.88 Å². The van der Waals surface area contributed by atoms with Crippen molar-refractivity contribution in [3.8, 4) is 0 Å². The van der Waals surface area contributed by atoms with Gasteiger partial charge in [-0.25, -0.2) is 0 Å². The van der Waals surface area contributed by atoms with Crippen molar-refractivity contribution in [1.82, 2.24) is 5.32 Å². The van der Waals surface area contributed by atoms with Crippen molar-refractivity contribution in [2.45, 2.75) is 105 Å². The fraction of sp³-hybridized carbons (Fsp3) is 0.615. The van der Waals surface area contributed by atoms with Gasteiger partial charge in [0, 0.05) is 0 Å². The van der Waals surface area contributed by atoms with Gasteiger partial charge >= 0.3 is 0 Å². The number of aliphatic hydroxyl groups excluding tert-OH is 1. The van der Waals surface area contributed by atoms with E-state index >= 15 is 0 Å². The lowest BCUT2D eigenvalue weighted by Gasteiger charge is -2.26. The summed E-state index contributed by atoms with van der Waals surface area (Å²) in [5.41, 5.74) is 3.98. The Morgan fingerprint density at radius 2 is 1.45 bits per heavy atom. The van der Waals surface area contributed by atoms with Gasteiger partial charge in [-0.2, -0.15) is 0 Å². The topological polar surface area (TPSA) is 41.5 Å². The minimum absolute atomic E-state index is 0.123. The number of aliphatic hydroxyl groups is 1. The quantitative estimate of drug-likeness (QED) is 0.176. The zero-order chi connectivity index (χ0) is 22.4. The highest BCUT2D eigenvalue weighted by molar-refractivity contribution is 5.06. The first-order valence-corrected chi connectivity index (χ1v) is 10.9. The summed E-state index contributed by atoms with van der Waals surface area (Å²) in [4.78, 5) is 0. The number of unbranched alkanes of at least 4 members (excludes halogenated alkanes) is 1. The third kappa shape index (κ3) is 16.7. The lowest BCUT2D eigenvalue weighted by Crippen LogP contribution is -2.33. The van der Waals surface area contributed by atoms with E-state index in [1.807, 2.05) is 20.8 Å². The molecule has 0 aliphatic carbocycles. The first-order valence-electron chi connectivity index (χ1n) is 10.9. The van der Waals surface area contributed by atoms with E-state index in [1.54, 1.807) is 0 Å². The first kappa shape index (κ1) is 27.1. The standard InChI is InChI=1S/C26H45NO2/c1-20(2)14-12-16-22(4)18-13-17-21(3)15-10-11-19-25(23(5)28)27-24(6)29-26(7,8)9/h14-15,18,25,27-28H,5-6,10-13,16-17,19H2,1-4,7-9H3/b21-15+,22-18+. The summed E-state index contributed by atoms with van der Waals surface area (Å²) >= 11 is 0. The Balaban J connectivity index is 4.25. The molecular weight excluding hydrogens is 358 g/mol. The van der Waals surface area contributed by atoms with E-state index in [9.17, 15) is 5.11 Å². The van der Waals surface area contributed by atoms with E-state index in [0.29, 0.717) is 5.88 Å². The van der Waals surface area contributed by atoms with E-state index in [0.717, 1.165) is 44.9 Å². The zero-order valence-electron chi connectivity index (χ0n) is 20.0. The Bertz CT molecular complexity index is 599. The molecule has 0 rings (SSSR count). The molecule has 0 heterocycles. The minimum atomic E-state index is -0.316. The molecular formula is C26H45NO2. The van der Waals surface area contributed by atoms with Gasteiger partial charge in [-0.05, 0) is 100.0 Å². The van der Waals surface area contributed by atoms with Crippen molar-refractivity contribution in [1.29, 1.82) is 0 Å². The van der Waals surface area contributed by atoms with Crippen molar-refractivity contribution in [2.24, 2.45) is 0 Å². The zero-order valence-corrected chi connectivity index (χ0v) is 20.0. The summed E-state index contributed by atoms with van der Waals surface area (Å²) in [6.07, 6.45) is 14.2. The molecule has 0 saturated carbocycles. The number of hydrogen-bond donors (Lipinski definition) is 2. The van der Waals surface area contributed by atoms with Crippen LogP contribution >= 0.6 is 0 Å². The number of allylic oxidation sites excluding steroid dienone is 6. The fourth-order valence-corrected chi connectivity index (χ4v) is 2.92. The number of hydrogen-bond acceptors (Lipinski definition) is 3. The van der Waals surface area contributed by atoms with Crippen LogP contribution in [0.25, 0.3) is 0 Å². The Hall–Kier alpha value is -1.90. The van der Waals surface area contributed by atoms with Crippen molar-refractivity contribution in [3.63, 3.8) is 0 Å². The SMILES string of the molecule is C=C(NC(CCC/C=C(\C)CC/C=C(\C)CCC=C(C)C)C(=C)O)OC(C)(C)C. The van der Waals surface area contributed by atoms with E-state index in [4.69, 9.17) is 4.74 Å². The highest BCUT2D eigenvalue weighted by Crippen LogP contribution is 2.16. The van der Waals surface area contributed by atoms with Crippen LogP contribution in [0, 0.1) is 0 Å². The molecule has 29 heavy (non-hydrogen) atoms. The smallest absolute Gasteiger partial charge is 0.180 e. The molecule has 0 radical (unpaired) electrons. The molecule has 3 heteroatoms. The highest BCUT2D eigenvalue weighted by Gasteiger charge is 2.17. The number of nitrogens with one attached hydrogen (secondary N) is 1. The van der Waals surface area contributed by atoms with Gasteiger partial charge in [-0.1, -0.05) is 41.5 Å². The Morgan fingerprint density at radius 3 is 1.93 bits per heavy atom. The van der Waals surface area contributed by atoms with Crippen molar-refractivity contribution in [3.05, 3.63) is 59.7 Å². The summed E-state index contributed by atoms with van der Waals surface area (Å²) in [6, 6.07) is -0.232. The molecule has 0 aromatic heterocycles. The fourth-order valence-electron chi connectivity index (χ4n) is 2.92. The Morgan fingerprint density at radius 1 is 0.931 bits per heavy atom. The van der Waals surface area contributed by atoms with Gasteiger partial charge in [0.05, 0.1) is 6.04 Å².